The number of non-ortho nitro benzene ring substituents is 1. The Kier molecular flexibility index (Phi) is 6.91. The van der Waals surface area contributed by atoms with Gasteiger partial charge in [-0.15, -0.1) is 0 Å². The number of hydrogen-bond donors (Lipinski definition) is 0. The molecule has 0 spiro atoms. The highest BCUT2D eigenvalue weighted by Gasteiger charge is 2.35. The van der Waals surface area contributed by atoms with Gasteiger partial charge in [-0.1, -0.05) is 48.0 Å². The molecule has 1 aliphatic rings. The van der Waals surface area contributed by atoms with Crippen molar-refractivity contribution < 1.29 is 14.5 Å². The summed E-state index contributed by atoms with van der Waals surface area (Å²) in [6.07, 6.45) is 3.36. The van der Waals surface area contributed by atoms with Crippen LogP contribution in [0.25, 0.3) is 23.0 Å². The molecule has 2 heterocycles. The second kappa shape index (κ2) is 10.6. The highest BCUT2D eigenvalue weighted by Crippen LogP contribution is 2.32. The molecule has 40 heavy (non-hydrogen) atoms. The molecule has 0 fully saturated rings. The third kappa shape index (κ3) is 4.93. The molecule has 1 aromatic heterocycles. The topological polar surface area (TPSA) is 122 Å². The summed E-state index contributed by atoms with van der Waals surface area (Å²) < 4.78 is 1.65. The first-order chi connectivity index (χ1) is 19.3. The average Bonchev–Trinajstić information content (AvgIpc) is 3.39. The molecule has 0 unspecified atom stereocenters. The number of amides is 2. The molecule has 196 valence electrons. The molecule has 2 amide bonds. The van der Waals surface area contributed by atoms with Crippen LogP contribution in [0.5, 0.6) is 0 Å². The number of imide groups is 1. The van der Waals surface area contributed by atoms with E-state index in [1.165, 1.54) is 12.1 Å². The maximum atomic E-state index is 13.7. The monoisotopic (exact) mass is 529 g/mol. The van der Waals surface area contributed by atoms with Crippen LogP contribution >= 0.6 is 0 Å². The van der Waals surface area contributed by atoms with E-state index >= 15 is 0 Å². The fourth-order valence-electron chi connectivity index (χ4n) is 4.48. The molecule has 0 bridgehead atoms. The summed E-state index contributed by atoms with van der Waals surface area (Å²) in [5, 5.41) is 25.7. The van der Waals surface area contributed by atoms with Gasteiger partial charge in [0.05, 0.1) is 22.8 Å². The summed E-state index contributed by atoms with van der Waals surface area (Å²) in [7, 11) is 0. The molecule has 0 N–H and O–H groups in total. The molecular weight excluding hydrogens is 506 g/mol. The average molecular weight is 530 g/mol. The van der Waals surface area contributed by atoms with E-state index in [1.807, 2.05) is 67.6 Å². The Labute approximate surface area is 230 Å². The van der Waals surface area contributed by atoms with E-state index in [9.17, 15) is 25.0 Å². The lowest BCUT2D eigenvalue weighted by molar-refractivity contribution is -0.384. The van der Waals surface area contributed by atoms with Crippen LogP contribution in [0.3, 0.4) is 0 Å². The van der Waals surface area contributed by atoms with Gasteiger partial charge >= 0.3 is 0 Å². The van der Waals surface area contributed by atoms with Crippen molar-refractivity contribution in [1.29, 1.82) is 5.26 Å². The van der Waals surface area contributed by atoms with E-state index in [4.69, 9.17) is 5.10 Å². The number of para-hydroxylation sites is 1. The zero-order chi connectivity index (χ0) is 28.4. The minimum Gasteiger partial charge on any atom is -0.269 e. The molecule has 4 aromatic rings. The van der Waals surface area contributed by atoms with Gasteiger partial charge in [0, 0.05) is 35.0 Å². The molecule has 0 saturated carbocycles. The minimum absolute atomic E-state index is 0.0201. The number of nitrogens with zero attached hydrogens (tertiary/aromatic N) is 5. The molecule has 9 nitrogen and oxygen atoms in total. The van der Waals surface area contributed by atoms with Crippen LogP contribution in [0.15, 0.2) is 102 Å². The summed E-state index contributed by atoms with van der Waals surface area (Å²) >= 11 is 0. The first kappa shape index (κ1) is 26.0. The molecule has 5 rings (SSSR count). The maximum Gasteiger partial charge on any atom is 0.271 e. The Morgan fingerprint density at radius 3 is 2.25 bits per heavy atom. The first-order valence-corrected chi connectivity index (χ1v) is 12.4. The number of carbonyl (C=O) groups excluding carboxylic acids is 2. The lowest BCUT2D eigenvalue weighted by Crippen LogP contribution is -2.42. The van der Waals surface area contributed by atoms with E-state index < -0.39 is 16.7 Å². The van der Waals surface area contributed by atoms with Gasteiger partial charge in [-0.2, -0.15) is 10.4 Å². The molecule has 1 aliphatic heterocycles. The normalized spacial score (nSPS) is 14.5. The Balaban J connectivity index is 1.64. The van der Waals surface area contributed by atoms with Gasteiger partial charge in [-0.05, 0) is 55.3 Å². The fourth-order valence-corrected chi connectivity index (χ4v) is 4.48. The molecular formula is C31H23N5O4. The predicted molar refractivity (Wildman–Crippen MR) is 149 cm³/mol. The molecule has 3 aromatic carbocycles. The quantitative estimate of drug-likeness (QED) is 0.140. The zero-order valence-electron chi connectivity index (χ0n) is 21.7. The Bertz CT molecular complexity index is 1740. The summed E-state index contributed by atoms with van der Waals surface area (Å²) in [6.45, 7) is 3.54. The first-order valence-electron chi connectivity index (χ1n) is 12.4. The van der Waals surface area contributed by atoms with Gasteiger partial charge in [0.2, 0.25) is 0 Å². The Morgan fingerprint density at radius 2 is 1.62 bits per heavy atom. The van der Waals surface area contributed by atoms with Crippen molar-refractivity contribution in [2.45, 2.75) is 20.4 Å². The number of benzene rings is 3. The lowest BCUT2D eigenvalue weighted by atomic mass is 9.93. The SMILES string of the molecule is CC1=C(C#N)C(=O)N(Cc2ccc(C)cc2)C(=O)/C1=C/c1cn(-c2ccccc2)nc1-c1ccc([N+](=O)[O-])cc1. The Hall–Kier alpha value is -5.62. The second-order valence-corrected chi connectivity index (χ2v) is 9.37. The van der Waals surface area contributed by atoms with Crippen LogP contribution in [-0.4, -0.2) is 31.4 Å². The predicted octanol–water partition coefficient (Wildman–Crippen LogP) is 5.55. The second-order valence-electron chi connectivity index (χ2n) is 9.37. The summed E-state index contributed by atoms with van der Waals surface area (Å²) in [6, 6.07) is 24.8. The third-order valence-electron chi connectivity index (χ3n) is 6.70. The van der Waals surface area contributed by atoms with Crippen LogP contribution in [0.4, 0.5) is 5.69 Å². The summed E-state index contributed by atoms with van der Waals surface area (Å²) in [5.74, 6) is -1.16. The van der Waals surface area contributed by atoms with Gasteiger partial charge < -0.3 is 0 Å². The number of nitro groups is 1. The molecule has 0 atom stereocenters. The van der Waals surface area contributed by atoms with Crippen LogP contribution in [0, 0.1) is 28.4 Å². The van der Waals surface area contributed by atoms with Gasteiger partial charge in [-0.25, -0.2) is 4.68 Å². The van der Waals surface area contributed by atoms with Crippen LogP contribution < -0.4 is 0 Å². The molecule has 0 saturated heterocycles. The number of rotatable bonds is 6. The number of aromatic nitrogens is 2. The standard InChI is InChI=1S/C31H23N5O4/c1-20-8-10-22(11-9-20)18-34-30(37)27(21(2)28(17-32)31(34)38)16-24-19-35(25-6-4-3-5-7-25)33-29(24)23-12-14-26(15-13-23)36(39)40/h3-16,19H,18H2,1-2H3/b27-16+. The van der Waals surface area contributed by atoms with Crippen molar-refractivity contribution in [1.82, 2.24) is 14.7 Å². The highest BCUT2D eigenvalue weighted by atomic mass is 16.6. The van der Waals surface area contributed by atoms with Crippen LogP contribution in [0.2, 0.25) is 0 Å². The minimum atomic E-state index is -0.640. The van der Waals surface area contributed by atoms with Crippen molar-refractivity contribution in [3.63, 3.8) is 0 Å². The van der Waals surface area contributed by atoms with E-state index in [0.717, 1.165) is 21.7 Å². The van der Waals surface area contributed by atoms with Gasteiger partial charge in [0.15, 0.2) is 0 Å². The summed E-state index contributed by atoms with van der Waals surface area (Å²) in [4.78, 5) is 38.6. The fraction of sp³-hybridized carbons (Fsp3) is 0.0968. The maximum absolute atomic E-state index is 13.7. The van der Waals surface area contributed by atoms with Crippen molar-refractivity contribution in [3.8, 4) is 23.0 Å². The van der Waals surface area contributed by atoms with E-state index in [0.29, 0.717) is 16.8 Å². The lowest BCUT2D eigenvalue weighted by Gasteiger charge is -2.27. The molecule has 0 radical (unpaired) electrons. The zero-order valence-corrected chi connectivity index (χ0v) is 21.7. The van der Waals surface area contributed by atoms with Crippen molar-refractivity contribution in [2.24, 2.45) is 0 Å². The Morgan fingerprint density at radius 1 is 0.950 bits per heavy atom. The van der Waals surface area contributed by atoms with Crippen LogP contribution in [0.1, 0.15) is 23.6 Å². The van der Waals surface area contributed by atoms with Crippen molar-refractivity contribution >= 4 is 23.6 Å². The van der Waals surface area contributed by atoms with Gasteiger partial charge in [-0.3, -0.25) is 24.6 Å². The molecule has 9 heteroatoms. The third-order valence-corrected chi connectivity index (χ3v) is 6.70. The number of nitro benzene ring substituents is 1. The van der Waals surface area contributed by atoms with Crippen LogP contribution in [-0.2, 0) is 16.1 Å². The number of nitriles is 1. The van der Waals surface area contributed by atoms with E-state index in [-0.39, 0.29) is 29.0 Å². The molecule has 0 aliphatic carbocycles. The van der Waals surface area contributed by atoms with Gasteiger partial charge in [0.25, 0.3) is 17.5 Å². The number of hydrogen-bond acceptors (Lipinski definition) is 6. The van der Waals surface area contributed by atoms with Crippen molar-refractivity contribution in [3.05, 3.63) is 129 Å². The largest absolute Gasteiger partial charge is 0.271 e. The van der Waals surface area contributed by atoms with Crippen molar-refractivity contribution in [2.75, 3.05) is 0 Å². The number of carbonyl (C=O) groups is 2. The summed E-state index contributed by atoms with van der Waals surface area (Å²) in [5.41, 5.74) is 4.50. The van der Waals surface area contributed by atoms with Gasteiger partial charge in [0.1, 0.15) is 11.6 Å². The van der Waals surface area contributed by atoms with E-state index in [1.54, 1.807) is 36.0 Å². The van der Waals surface area contributed by atoms with E-state index in [2.05, 4.69) is 0 Å². The highest BCUT2D eigenvalue weighted by molar-refractivity contribution is 6.19. The smallest absolute Gasteiger partial charge is 0.269 e. The number of aryl methyl sites for hydroxylation is 1.